The van der Waals surface area contributed by atoms with Gasteiger partial charge in [0.15, 0.2) is 0 Å². The van der Waals surface area contributed by atoms with E-state index < -0.39 is 22.0 Å². The molecular formula is C16H14BrF2NO2S. The fourth-order valence-corrected chi connectivity index (χ4v) is 3.43. The molecule has 122 valence electrons. The van der Waals surface area contributed by atoms with E-state index >= 15 is 0 Å². The first-order valence-corrected chi connectivity index (χ1v) is 8.89. The standard InChI is InChI=1S/C16H14BrF2NO2S/c1-2-15(16(18,19)12-6-4-3-5-7-12)20-23(21,22)14-10-8-13(17)9-11-14/h2-11,15,20H,1H2. The molecule has 1 N–H and O–H groups in total. The predicted octanol–water partition coefficient (Wildman–Crippen LogP) is 4.07. The summed E-state index contributed by atoms with van der Waals surface area (Å²) in [7, 11) is -4.10. The SMILES string of the molecule is C=CC(NS(=O)(=O)c1ccc(Br)cc1)C(F)(F)c1ccccc1. The van der Waals surface area contributed by atoms with E-state index in [1.54, 1.807) is 6.07 Å². The van der Waals surface area contributed by atoms with Crippen LogP contribution in [0.2, 0.25) is 0 Å². The summed E-state index contributed by atoms with van der Waals surface area (Å²) in [6.45, 7) is 3.33. The van der Waals surface area contributed by atoms with Crippen molar-refractivity contribution in [2.75, 3.05) is 0 Å². The molecule has 0 radical (unpaired) electrons. The van der Waals surface area contributed by atoms with E-state index in [1.165, 1.54) is 48.5 Å². The quantitative estimate of drug-likeness (QED) is 0.741. The first kappa shape index (κ1) is 17.8. The molecule has 0 aliphatic heterocycles. The Morgan fingerprint density at radius 1 is 1.09 bits per heavy atom. The third kappa shape index (κ3) is 4.04. The van der Waals surface area contributed by atoms with Gasteiger partial charge in [0.25, 0.3) is 5.92 Å². The molecule has 2 aromatic carbocycles. The summed E-state index contributed by atoms with van der Waals surface area (Å²) in [5.74, 6) is -3.43. The minimum absolute atomic E-state index is 0.101. The molecule has 0 saturated carbocycles. The smallest absolute Gasteiger partial charge is 0.207 e. The Hall–Kier alpha value is -1.57. The van der Waals surface area contributed by atoms with Gasteiger partial charge in [0.05, 0.1) is 4.90 Å². The first-order chi connectivity index (χ1) is 10.8. The second kappa shape index (κ2) is 6.90. The Kier molecular flexibility index (Phi) is 5.33. The summed E-state index contributed by atoms with van der Waals surface area (Å²) in [6, 6.07) is 10.9. The van der Waals surface area contributed by atoms with Gasteiger partial charge in [-0.15, -0.1) is 6.58 Å². The normalized spacial score (nSPS) is 13.5. The average Bonchev–Trinajstić information content (AvgIpc) is 2.53. The monoisotopic (exact) mass is 401 g/mol. The van der Waals surface area contributed by atoms with Crippen LogP contribution < -0.4 is 4.72 Å². The van der Waals surface area contributed by atoms with Crippen molar-refractivity contribution in [2.24, 2.45) is 0 Å². The Morgan fingerprint density at radius 3 is 2.17 bits per heavy atom. The molecular weight excluding hydrogens is 388 g/mol. The molecule has 0 saturated heterocycles. The Labute approximate surface area is 142 Å². The topological polar surface area (TPSA) is 46.2 Å². The molecule has 0 aromatic heterocycles. The van der Waals surface area contributed by atoms with E-state index in [2.05, 4.69) is 22.5 Å². The van der Waals surface area contributed by atoms with Crippen molar-refractivity contribution in [1.82, 2.24) is 4.72 Å². The van der Waals surface area contributed by atoms with E-state index in [9.17, 15) is 17.2 Å². The number of nitrogens with one attached hydrogen (secondary N) is 1. The van der Waals surface area contributed by atoms with Crippen molar-refractivity contribution in [1.29, 1.82) is 0 Å². The summed E-state index contributed by atoms with van der Waals surface area (Å²) >= 11 is 3.19. The highest BCUT2D eigenvalue weighted by molar-refractivity contribution is 9.10. The van der Waals surface area contributed by atoms with Gasteiger partial charge in [0.2, 0.25) is 10.0 Å². The van der Waals surface area contributed by atoms with E-state index in [1.807, 2.05) is 4.72 Å². The largest absolute Gasteiger partial charge is 0.292 e. The lowest BCUT2D eigenvalue weighted by atomic mass is 10.0. The Morgan fingerprint density at radius 2 is 1.65 bits per heavy atom. The number of benzene rings is 2. The van der Waals surface area contributed by atoms with Crippen LogP contribution in [0.4, 0.5) is 8.78 Å². The maximum absolute atomic E-state index is 14.5. The van der Waals surface area contributed by atoms with Gasteiger partial charge in [-0.2, -0.15) is 13.5 Å². The number of alkyl halides is 2. The highest BCUT2D eigenvalue weighted by atomic mass is 79.9. The van der Waals surface area contributed by atoms with Crippen molar-refractivity contribution in [3.05, 3.63) is 77.3 Å². The van der Waals surface area contributed by atoms with Crippen LogP contribution >= 0.6 is 15.9 Å². The number of hydrogen-bond donors (Lipinski definition) is 1. The van der Waals surface area contributed by atoms with Gasteiger partial charge in [0, 0.05) is 10.0 Å². The van der Waals surface area contributed by atoms with Crippen molar-refractivity contribution < 1.29 is 17.2 Å². The zero-order chi connectivity index (χ0) is 17.1. The van der Waals surface area contributed by atoms with Crippen LogP contribution in [0.1, 0.15) is 5.56 Å². The number of hydrogen-bond acceptors (Lipinski definition) is 2. The highest BCUT2D eigenvalue weighted by Crippen LogP contribution is 2.33. The molecule has 2 rings (SSSR count). The van der Waals surface area contributed by atoms with E-state index in [4.69, 9.17) is 0 Å². The Bertz CT molecular complexity index is 777. The van der Waals surface area contributed by atoms with Crippen LogP contribution in [0.15, 0.2) is 76.6 Å². The van der Waals surface area contributed by atoms with Gasteiger partial charge in [-0.3, -0.25) is 0 Å². The number of sulfonamides is 1. The summed E-state index contributed by atoms with van der Waals surface area (Å²) in [4.78, 5) is -0.101. The first-order valence-electron chi connectivity index (χ1n) is 6.61. The Balaban J connectivity index is 2.32. The molecule has 1 atom stereocenters. The molecule has 0 heterocycles. The molecule has 2 aromatic rings. The maximum Gasteiger partial charge on any atom is 0.292 e. The van der Waals surface area contributed by atoms with Crippen LogP contribution in [-0.2, 0) is 15.9 Å². The third-order valence-electron chi connectivity index (χ3n) is 3.19. The van der Waals surface area contributed by atoms with E-state index in [-0.39, 0.29) is 10.5 Å². The maximum atomic E-state index is 14.5. The summed E-state index contributed by atoms with van der Waals surface area (Å²) in [5.41, 5.74) is -0.289. The van der Waals surface area contributed by atoms with Crippen LogP contribution in [0.5, 0.6) is 0 Å². The minimum atomic E-state index is -4.10. The van der Waals surface area contributed by atoms with Crippen LogP contribution in [0, 0.1) is 0 Å². The van der Waals surface area contributed by atoms with Gasteiger partial charge in [-0.25, -0.2) is 8.42 Å². The molecule has 0 aliphatic carbocycles. The number of halogens is 3. The van der Waals surface area contributed by atoms with Crippen molar-refractivity contribution >= 4 is 26.0 Å². The van der Waals surface area contributed by atoms with Crippen LogP contribution in [0.25, 0.3) is 0 Å². The van der Waals surface area contributed by atoms with Crippen LogP contribution in [-0.4, -0.2) is 14.5 Å². The molecule has 0 fully saturated rings. The molecule has 0 aliphatic rings. The fraction of sp³-hybridized carbons (Fsp3) is 0.125. The van der Waals surface area contributed by atoms with Gasteiger partial charge >= 0.3 is 0 Å². The molecule has 3 nitrogen and oxygen atoms in total. The van der Waals surface area contributed by atoms with Gasteiger partial charge in [0.1, 0.15) is 6.04 Å². The number of rotatable bonds is 6. The van der Waals surface area contributed by atoms with Gasteiger partial charge in [-0.05, 0) is 24.3 Å². The van der Waals surface area contributed by atoms with Crippen molar-refractivity contribution in [3.63, 3.8) is 0 Å². The second-order valence-electron chi connectivity index (χ2n) is 4.78. The lowest BCUT2D eigenvalue weighted by Crippen LogP contribution is -2.44. The zero-order valence-electron chi connectivity index (χ0n) is 11.9. The van der Waals surface area contributed by atoms with Gasteiger partial charge in [-0.1, -0.05) is 52.3 Å². The van der Waals surface area contributed by atoms with Crippen molar-refractivity contribution in [2.45, 2.75) is 16.9 Å². The molecule has 23 heavy (non-hydrogen) atoms. The highest BCUT2D eigenvalue weighted by Gasteiger charge is 2.41. The van der Waals surface area contributed by atoms with E-state index in [0.29, 0.717) is 4.47 Å². The fourth-order valence-electron chi connectivity index (χ4n) is 1.96. The third-order valence-corrected chi connectivity index (χ3v) is 5.18. The van der Waals surface area contributed by atoms with Crippen LogP contribution in [0.3, 0.4) is 0 Å². The second-order valence-corrected chi connectivity index (χ2v) is 7.41. The molecule has 0 amide bonds. The lowest BCUT2D eigenvalue weighted by molar-refractivity contribution is -0.0218. The summed E-state index contributed by atoms with van der Waals surface area (Å²) in [6.07, 6.45) is 0.892. The zero-order valence-corrected chi connectivity index (χ0v) is 14.3. The molecule has 1 unspecified atom stereocenters. The van der Waals surface area contributed by atoms with Gasteiger partial charge < -0.3 is 0 Å². The summed E-state index contributed by atoms with van der Waals surface area (Å²) < 4.78 is 56.3. The predicted molar refractivity (Wildman–Crippen MR) is 88.8 cm³/mol. The van der Waals surface area contributed by atoms with Crippen molar-refractivity contribution in [3.8, 4) is 0 Å². The van der Waals surface area contributed by atoms with E-state index in [0.717, 1.165) is 6.08 Å². The molecule has 0 bridgehead atoms. The molecule has 7 heteroatoms. The average molecular weight is 402 g/mol. The molecule has 0 spiro atoms. The minimum Gasteiger partial charge on any atom is -0.207 e. The summed E-state index contributed by atoms with van der Waals surface area (Å²) in [5, 5.41) is 0. The lowest BCUT2D eigenvalue weighted by Gasteiger charge is -2.25.